The van der Waals surface area contributed by atoms with Crippen LogP contribution < -0.4 is 10.6 Å². The quantitative estimate of drug-likeness (QED) is 0.857. The van der Waals surface area contributed by atoms with E-state index in [2.05, 4.69) is 41.6 Å². The zero-order chi connectivity index (χ0) is 13.9. The molecule has 1 aliphatic carbocycles. The van der Waals surface area contributed by atoms with Crippen molar-refractivity contribution in [3.8, 4) is 0 Å². The van der Waals surface area contributed by atoms with Crippen LogP contribution in [0.3, 0.4) is 0 Å². The van der Waals surface area contributed by atoms with Crippen molar-refractivity contribution in [1.82, 2.24) is 15.5 Å². The molecule has 1 fully saturated rings. The van der Waals surface area contributed by atoms with Gasteiger partial charge in [-0.1, -0.05) is 38.7 Å². The average Bonchev–Trinajstić information content (AvgIpc) is 2.81. The Bertz CT molecular complexity index is 402. The molecule has 0 aromatic carbocycles. The maximum absolute atomic E-state index is 5.70. The smallest absolute Gasteiger partial charge is 0.315 e. The molecule has 2 N–H and O–H groups in total. The van der Waals surface area contributed by atoms with Gasteiger partial charge in [-0.25, -0.2) is 0 Å². The highest BCUT2D eigenvalue weighted by Crippen LogP contribution is 2.37. The fourth-order valence-corrected chi connectivity index (χ4v) is 2.77. The molecule has 1 aliphatic rings. The summed E-state index contributed by atoms with van der Waals surface area (Å²) in [4.78, 5) is 0. The van der Waals surface area contributed by atoms with Crippen LogP contribution in [0.2, 0.25) is 0 Å². The number of nitrogens with one attached hydrogen (secondary N) is 2. The van der Waals surface area contributed by atoms with E-state index in [4.69, 9.17) is 4.42 Å². The molecule has 1 aromatic heterocycles. The lowest BCUT2D eigenvalue weighted by molar-refractivity contribution is 0.213. The Kier molecular flexibility index (Phi) is 4.45. The summed E-state index contributed by atoms with van der Waals surface area (Å²) in [6, 6.07) is 1.08. The van der Waals surface area contributed by atoms with E-state index in [1.165, 1.54) is 25.7 Å². The van der Waals surface area contributed by atoms with Gasteiger partial charge in [-0.2, -0.15) is 0 Å². The Hall–Kier alpha value is -1.10. The highest BCUT2D eigenvalue weighted by Gasteiger charge is 2.33. The molecule has 0 aliphatic heterocycles. The van der Waals surface area contributed by atoms with Crippen LogP contribution in [-0.4, -0.2) is 22.8 Å². The summed E-state index contributed by atoms with van der Waals surface area (Å²) in [5.41, 5.74) is 0.292. The molecule has 0 spiro atoms. The zero-order valence-electron chi connectivity index (χ0n) is 12.5. The second-order valence-electron chi connectivity index (χ2n) is 6.16. The van der Waals surface area contributed by atoms with Crippen molar-refractivity contribution < 1.29 is 4.42 Å². The lowest BCUT2D eigenvalue weighted by atomic mass is 9.73. The maximum Gasteiger partial charge on any atom is 0.315 e. The third-order valence-electron chi connectivity index (χ3n) is 4.13. The van der Waals surface area contributed by atoms with Gasteiger partial charge in [-0.05, 0) is 31.7 Å². The van der Waals surface area contributed by atoms with Gasteiger partial charge in [0.2, 0.25) is 5.89 Å². The van der Waals surface area contributed by atoms with Crippen molar-refractivity contribution in [2.24, 2.45) is 5.41 Å². The zero-order valence-corrected chi connectivity index (χ0v) is 12.5. The van der Waals surface area contributed by atoms with Crippen LogP contribution in [0.1, 0.15) is 65.3 Å². The first kappa shape index (κ1) is 14.3. The molecule has 0 amide bonds. The van der Waals surface area contributed by atoms with Gasteiger partial charge < -0.3 is 15.1 Å². The van der Waals surface area contributed by atoms with Crippen molar-refractivity contribution in [2.45, 2.75) is 65.5 Å². The summed E-state index contributed by atoms with van der Waals surface area (Å²) >= 11 is 0. The van der Waals surface area contributed by atoms with Gasteiger partial charge in [0.1, 0.15) is 0 Å². The minimum atomic E-state index is 0.104. The first-order chi connectivity index (χ1) is 9.03. The van der Waals surface area contributed by atoms with Crippen LogP contribution >= 0.6 is 0 Å². The summed E-state index contributed by atoms with van der Waals surface area (Å²) in [5, 5.41) is 14.9. The standard InChI is InChI=1S/C14H26N4O/c1-5-15-10(2)12-17-18-13(19-12)16-11-8-6-7-9-14(11,3)4/h10-11,15H,5-9H2,1-4H3,(H,16,18). The molecular weight excluding hydrogens is 240 g/mol. The Morgan fingerprint density at radius 1 is 1.37 bits per heavy atom. The second kappa shape index (κ2) is 5.90. The fraction of sp³-hybridized carbons (Fsp3) is 0.857. The van der Waals surface area contributed by atoms with E-state index < -0.39 is 0 Å². The van der Waals surface area contributed by atoms with Gasteiger partial charge in [-0.3, -0.25) is 0 Å². The second-order valence-corrected chi connectivity index (χ2v) is 6.16. The van der Waals surface area contributed by atoms with Gasteiger partial charge in [0.05, 0.1) is 6.04 Å². The third kappa shape index (κ3) is 3.47. The van der Waals surface area contributed by atoms with Crippen molar-refractivity contribution in [3.05, 3.63) is 5.89 Å². The monoisotopic (exact) mass is 266 g/mol. The SMILES string of the molecule is CCNC(C)c1nnc(NC2CCCCC2(C)C)o1. The summed E-state index contributed by atoms with van der Waals surface area (Å²) < 4.78 is 5.70. The van der Waals surface area contributed by atoms with Crippen LogP contribution in [0.25, 0.3) is 0 Å². The van der Waals surface area contributed by atoms with E-state index in [1.54, 1.807) is 0 Å². The highest BCUT2D eigenvalue weighted by atomic mass is 16.4. The van der Waals surface area contributed by atoms with Crippen molar-refractivity contribution in [1.29, 1.82) is 0 Å². The van der Waals surface area contributed by atoms with Crippen molar-refractivity contribution >= 4 is 6.01 Å². The van der Waals surface area contributed by atoms with Gasteiger partial charge >= 0.3 is 6.01 Å². The molecule has 2 unspecified atom stereocenters. The Morgan fingerprint density at radius 3 is 2.84 bits per heavy atom. The summed E-state index contributed by atoms with van der Waals surface area (Å²) in [7, 11) is 0. The van der Waals surface area contributed by atoms with Gasteiger partial charge in [-0.15, -0.1) is 5.10 Å². The Balaban J connectivity index is 1.99. The Labute approximate surface area is 115 Å². The first-order valence-electron chi connectivity index (χ1n) is 7.36. The van der Waals surface area contributed by atoms with E-state index in [0.717, 1.165) is 6.54 Å². The predicted octanol–water partition coefficient (Wildman–Crippen LogP) is 3.12. The minimum absolute atomic E-state index is 0.104. The van der Waals surface area contributed by atoms with Gasteiger partial charge in [0, 0.05) is 6.04 Å². The molecule has 1 aromatic rings. The number of hydrogen-bond donors (Lipinski definition) is 2. The van der Waals surface area contributed by atoms with Crippen LogP contribution in [0.5, 0.6) is 0 Å². The van der Waals surface area contributed by atoms with Crippen LogP contribution in [0.4, 0.5) is 6.01 Å². The van der Waals surface area contributed by atoms with Crippen LogP contribution in [0, 0.1) is 5.41 Å². The van der Waals surface area contributed by atoms with E-state index in [0.29, 0.717) is 23.4 Å². The van der Waals surface area contributed by atoms with Crippen LogP contribution in [0.15, 0.2) is 4.42 Å². The lowest BCUT2D eigenvalue weighted by Crippen LogP contribution is -2.39. The molecule has 2 atom stereocenters. The number of nitrogens with zero attached hydrogens (tertiary/aromatic N) is 2. The fourth-order valence-electron chi connectivity index (χ4n) is 2.77. The third-order valence-corrected chi connectivity index (χ3v) is 4.13. The molecule has 0 saturated heterocycles. The van der Waals surface area contributed by atoms with Crippen LogP contribution in [-0.2, 0) is 0 Å². The largest absolute Gasteiger partial charge is 0.406 e. The summed E-state index contributed by atoms with van der Waals surface area (Å²) in [6.45, 7) is 9.61. The molecule has 0 radical (unpaired) electrons. The predicted molar refractivity (Wildman–Crippen MR) is 76.0 cm³/mol. The number of anilines is 1. The van der Waals surface area contributed by atoms with E-state index >= 15 is 0 Å². The maximum atomic E-state index is 5.70. The average molecular weight is 266 g/mol. The first-order valence-corrected chi connectivity index (χ1v) is 7.36. The molecule has 2 rings (SSSR count). The number of hydrogen-bond acceptors (Lipinski definition) is 5. The summed E-state index contributed by atoms with van der Waals surface area (Å²) in [5.74, 6) is 0.651. The van der Waals surface area contributed by atoms with E-state index in [-0.39, 0.29) is 6.04 Å². The minimum Gasteiger partial charge on any atom is -0.406 e. The van der Waals surface area contributed by atoms with E-state index in [9.17, 15) is 0 Å². The molecule has 5 heteroatoms. The summed E-state index contributed by atoms with van der Waals surface area (Å²) in [6.07, 6.45) is 5.01. The molecular formula is C14H26N4O. The molecule has 5 nitrogen and oxygen atoms in total. The molecule has 1 saturated carbocycles. The van der Waals surface area contributed by atoms with Crippen molar-refractivity contribution in [3.63, 3.8) is 0 Å². The molecule has 1 heterocycles. The van der Waals surface area contributed by atoms with Gasteiger partial charge in [0.15, 0.2) is 0 Å². The number of rotatable bonds is 5. The molecule has 108 valence electrons. The molecule has 0 bridgehead atoms. The number of aromatic nitrogens is 2. The molecule has 19 heavy (non-hydrogen) atoms. The Morgan fingerprint density at radius 2 is 2.16 bits per heavy atom. The topological polar surface area (TPSA) is 63.0 Å². The van der Waals surface area contributed by atoms with E-state index in [1.807, 2.05) is 6.92 Å². The lowest BCUT2D eigenvalue weighted by Gasteiger charge is -2.38. The normalized spacial score (nSPS) is 24.1. The van der Waals surface area contributed by atoms with Gasteiger partial charge in [0.25, 0.3) is 0 Å². The van der Waals surface area contributed by atoms with Crippen molar-refractivity contribution in [2.75, 3.05) is 11.9 Å². The highest BCUT2D eigenvalue weighted by molar-refractivity contribution is 5.22.